The molecule has 0 atom stereocenters. The van der Waals surface area contributed by atoms with Crippen LogP contribution in [0.15, 0.2) is 66.7 Å². The number of nitrogens with one attached hydrogen (secondary N) is 3. The number of carboxylic acid groups (broad SMARTS) is 1. The molecule has 5 amide bonds. The molecule has 12 heteroatoms. The van der Waals surface area contributed by atoms with E-state index in [2.05, 4.69) is 16.0 Å². The van der Waals surface area contributed by atoms with Crippen molar-refractivity contribution in [2.24, 2.45) is 0 Å². The molecule has 4 rings (SSSR count). The summed E-state index contributed by atoms with van der Waals surface area (Å²) in [7, 11) is 1.53. The highest BCUT2D eigenvalue weighted by Gasteiger charge is 2.30. The summed E-state index contributed by atoms with van der Waals surface area (Å²) in [4.78, 5) is 64.1. The fourth-order valence-electron chi connectivity index (χ4n) is 4.08. The van der Waals surface area contributed by atoms with Gasteiger partial charge in [0.15, 0.2) is 0 Å². The van der Waals surface area contributed by atoms with E-state index < -0.39 is 17.9 Å². The fraction of sp³-hybridized carbons (Fsp3) is 0.233. The van der Waals surface area contributed by atoms with Crippen LogP contribution in [0, 0.1) is 0 Å². The van der Waals surface area contributed by atoms with Crippen molar-refractivity contribution in [3.05, 3.63) is 82.9 Å². The zero-order valence-corrected chi connectivity index (χ0v) is 24.2. The Kier molecular flexibility index (Phi) is 11.0. The number of para-hydroxylation sites is 1. The van der Waals surface area contributed by atoms with Crippen LogP contribution in [-0.4, -0.2) is 59.9 Å². The Balaban J connectivity index is 0.00000237. The van der Waals surface area contributed by atoms with Crippen LogP contribution in [0.3, 0.4) is 0 Å². The van der Waals surface area contributed by atoms with Gasteiger partial charge in [-0.1, -0.05) is 49.7 Å². The summed E-state index contributed by atoms with van der Waals surface area (Å²) in [5, 5.41) is 17.5. The van der Waals surface area contributed by atoms with E-state index in [1.807, 2.05) is 13.8 Å². The lowest BCUT2D eigenvalue weighted by Crippen LogP contribution is -2.38. The number of urea groups is 1. The second-order valence-corrected chi connectivity index (χ2v) is 9.44. The molecule has 4 N–H and O–H groups in total. The number of rotatable bonds is 8. The maximum atomic E-state index is 13.1. The molecule has 0 radical (unpaired) electrons. The molecule has 220 valence electrons. The van der Waals surface area contributed by atoms with Crippen molar-refractivity contribution in [1.82, 2.24) is 4.90 Å². The van der Waals surface area contributed by atoms with Crippen molar-refractivity contribution in [1.29, 1.82) is 0 Å². The number of aliphatic carboxylic acids is 1. The molecule has 0 aromatic heterocycles. The van der Waals surface area contributed by atoms with E-state index in [9.17, 15) is 24.0 Å². The van der Waals surface area contributed by atoms with Gasteiger partial charge in [0, 0.05) is 25.0 Å². The van der Waals surface area contributed by atoms with Crippen LogP contribution in [0.5, 0.6) is 0 Å². The van der Waals surface area contributed by atoms with Gasteiger partial charge in [-0.25, -0.2) is 4.79 Å². The predicted octanol–water partition coefficient (Wildman–Crippen LogP) is 5.08. The number of carbonyl (C=O) groups excluding carboxylic acids is 4. The highest BCUT2D eigenvalue weighted by molar-refractivity contribution is 6.33. The van der Waals surface area contributed by atoms with Crippen molar-refractivity contribution in [2.75, 3.05) is 41.0 Å². The lowest BCUT2D eigenvalue weighted by molar-refractivity contribution is -0.137. The quantitative estimate of drug-likeness (QED) is 0.286. The number of anilines is 4. The highest BCUT2D eigenvalue weighted by atomic mass is 35.5. The third kappa shape index (κ3) is 8.31. The number of likely N-dealkylation sites (N-methyl/N-ethyl adjacent to an activating group) is 1. The number of nitrogens with zero attached hydrogens (tertiary/aromatic N) is 2. The number of benzene rings is 3. The zero-order chi connectivity index (χ0) is 30.8. The number of amides is 5. The van der Waals surface area contributed by atoms with Crippen molar-refractivity contribution in [2.45, 2.75) is 26.7 Å². The first-order chi connectivity index (χ1) is 20.1. The molecule has 1 aliphatic rings. The summed E-state index contributed by atoms with van der Waals surface area (Å²) in [6.07, 6.45) is -0.269. The van der Waals surface area contributed by atoms with E-state index in [0.717, 1.165) is 0 Å². The predicted molar refractivity (Wildman–Crippen MR) is 162 cm³/mol. The van der Waals surface area contributed by atoms with Crippen LogP contribution in [0.4, 0.5) is 27.5 Å². The molecule has 3 aromatic carbocycles. The summed E-state index contributed by atoms with van der Waals surface area (Å²) in [5.41, 5.74) is 2.58. The molecule has 0 saturated heterocycles. The first-order valence-electron chi connectivity index (χ1n) is 13.2. The largest absolute Gasteiger partial charge is 0.481 e. The average Bonchev–Trinajstić information content (AvgIpc) is 3.05. The summed E-state index contributed by atoms with van der Waals surface area (Å²) >= 11 is 6.06. The van der Waals surface area contributed by atoms with Gasteiger partial charge in [0.1, 0.15) is 6.54 Å². The third-order valence-electron chi connectivity index (χ3n) is 6.15. The normalized spacial score (nSPS) is 12.4. The van der Waals surface area contributed by atoms with Gasteiger partial charge in [0.05, 0.1) is 34.8 Å². The minimum absolute atomic E-state index is 0.0280. The lowest BCUT2D eigenvalue weighted by Gasteiger charge is -2.19. The van der Waals surface area contributed by atoms with Crippen LogP contribution >= 0.6 is 11.6 Å². The maximum absolute atomic E-state index is 13.1. The zero-order valence-electron chi connectivity index (χ0n) is 23.4. The Morgan fingerprint density at radius 1 is 0.905 bits per heavy atom. The van der Waals surface area contributed by atoms with Gasteiger partial charge in [-0.15, -0.1) is 0 Å². The molecule has 0 saturated carbocycles. The summed E-state index contributed by atoms with van der Waals surface area (Å²) in [6.45, 7) is 3.64. The Hall–Kier alpha value is -4.90. The van der Waals surface area contributed by atoms with Crippen molar-refractivity contribution < 1.29 is 29.1 Å². The number of hydrogen-bond acceptors (Lipinski definition) is 5. The standard InChI is InChI=1S/C28H26ClN5O6.C2H6/c1-33-23-11-10-19(15-20(23)27(39)34(16-25(33)36)13-12-26(37)38)30-24(35)14-17-6-8-18(9-7-17)31-28(40)32-22-5-3-2-4-21(22)29;1-2/h2-11,15H,12-14,16H2,1H3,(H,30,35)(H,37,38)(H2,31,32,40);1-2H3. The SMILES string of the molecule is CC.CN1C(=O)CN(CCC(=O)O)C(=O)c2cc(NC(=O)Cc3ccc(NC(=O)Nc4ccccc4Cl)cc3)ccc21. The molecule has 11 nitrogen and oxygen atoms in total. The number of fused-ring (bicyclic) bond motifs is 1. The Morgan fingerprint density at radius 2 is 1.57 bits per heavy atom. The molecular formula is C30H32ClN5O6. The molecule has 0 unspecified atom stereocenters. The van der Waals surface area contributed by atoms with Crippen LogP contribution in [-0.2, 0) is 20.8 Å². The van der Waals surface area contributed by atoms with Crippen LogP contribution < -0.4 is 20.9 Å². The molecule has 3 aromatic rings. The molecule has 0 spiro atoms. The number of hydrogen-bond donors (Lipinski definition) is 4. The van der Waals surface area contributed by atoms with Gasteiger partial charge < -0.3 is 30.9 Å². The van der Waals surface area contributed by atoms with Crippen LogP contribution in [0.1, 0.15) is 36.2 Å². The van der Waals surface area contributed by atoms with Crippen molar-refractivity contribution >= 4 is 64.1 Å². The van der Waals surface area contributed by atoms with E-state index in [-0.39, 0.29) is 43.3 Å². The van der Waals surface area contributed by atoms with E-state index in [0.29, 0.717) is 33.3 Å². The Labute approximate surface area is 248 Å². The van der Waals surface area contributed by atoms with E-state index in [1.165, 1.54) is 22.9 Å². The van der Waals surface area contributed by atoms with Crippen LogP contribution in [0.25, 0.3) is 0 Å². The molecule has 0 aliphatic carbocycles. The second-order valence-electron chi connectivity index (χ2n) is 9.04. The Bertz CT molecular complexity index is 1480. The smallest absolute Gasteiger partial charge is 0.323 e. The van der Waals surface area contributed by atoms with Crippen molar-refractivity contribution in [3.8, 4) is 0 Å². The van der Waals surface area contributed by atoms with Gasteiger partial charge in [-0.3, -0.25) is 19.2 Å². The summed E-state index contributed by atoms with van der Waals surface area (Å²) in [5.74, 6) is -2.27. The first-order valence-corrected chi connectivity index (χ1v) is 13.6. The molecule has 42 heavy (non-hydrogen) atoms. The molecule has 1 aliphatic heterocycles. The third-order valence-corrected chi connectivity index (χ3v) is 6.48. The first kappa shape index (κ1) is 31.6. The molecular weight excluding hydrogens is 562 g/mol. The van der Waals surface area contributed by atoms with E-state index >= 15 is 0 Å². The number of carboxylic acids is 1. The van der Waals surface area contributed by atoms with Gasteiger partial charge >= 0.3 is 12.0 Å². The minimum atomic E-state index is -1.08. The number of halogens is 1. The Morgan fingerprint density at radius 3 is 2.24 bits per heavy atom. The summed E-state index contributed by atoms with van der Waals surface area (Å²) < 4.78 is 0. The highest BCUT2D eigenvalue weighted by Crippen LogP contribution is 2.28. The van der Waals surface area contributed by atoms with Gasteiger partial charge in [0.25, 0.3) is 5.91 Å². The number of carbonyl (C=O) groups is 5. The topological polar surface area (TPSA) is 148 Å². The minimum Gasteiger partial charge on any atom is -0.481 e. The fourth-order valence-corrected chi connectivity index (χ4v) is 4.26. The average molecular weight is 594 g/mol. The van der Waals surface area contributed by atoms with Gasteiger partial charge in [-0.05, 0) is 48.0 Å². The van der Waals surface area contributed by atoms with Gasteiger partial charge in [0.2, 0.25) is 11.8 Å². The lowest BCUT2D eigenvalue weighted by atomic mass is 10.1. The van der Waals surface area contributed by atoms with E-state index in [4.69, 9.17) is 16.7 Å². The molecule has 0 fully saturated rings. The monoisotopic (exact) mass is 593 g/mol. The van der Waals surface area contributed by atoms with E-state index in [1.54, 1.807) is 60.7 Å². The maximum Gasteiger partial charge on any atom is 0.323 e. The molecule has 1 heterocycles. The molecule has 0 bridgehead atoms. The van der Waals surface area contributed by atoms with Crippen molar-refractivity contribution in [3.63, 3.8) is 0 Å². The second kappa shape index (κ2) is 14.6. The van der Waals surface area contributed by atoms with Gasteiger partial charge in [-0.2, -0.15) is 0 Å². The van der Waals surface area contributed by atoms with Crippen LogP contribution in [0.2, 0.25) is 5.02 Å². The summed E-state index contributed by atoms with van der Waals surface area (Å²) in [6, 6.07) is 17.7.